The number of fused-ring (bicyclic) bond motifs is 1. The smallest absolute Gasteiger partial charge is 0.303 e. The Labute approximate surface area is 176 Å². The molecule has 1 unspecified atom stereocenters. The molecule has 0 aromatic heterocycles. The normalized spacial score (nSPS) is 14.4. The number of para-hydroxylation sites is 1. The fraction of sp³-hybridized carbons (Fsp3) is 0.308. The van der Waals surface area contributed by atoms with E-state index in [4.69, 9.17) is 5.11 Å². The van der Waals surface area contributed by atoms with Crippen LogP contribution in [0.5, 0.6) is 0 Å². The van der Waals surface area contributed by atoms with Gasteiger partial charge in [0.2, 0.25) is 5.91 Å². The van der Waals surface area contributed by atoms with Crippen molar-refractivity contribution in [1.82, 2.24) is 0 Å². The van der Waals surface area contributed by atoms with Crippen LogP contribution in [0.1, 0.15) is 49.1 Å². The Balaban J connectivity index is 1.59. The fourth-order valence-electron chi connectivity index (χ4n) is 4.13. The van der Waals surface area contributed by atoms with E-state index in [0.29, 0.717) is 18.8 Å². The van der Waals surface area contributed by atoms with Crippen molar-refractivity contribution in [3.8, 4) is 0 Å². The van der Waals surface area contributed by atoms with Crippen molar-refractivity contribution in [2.45, 2.75) is 44.4 Å². The van der Waals surface area contributed by atoms with Crippen molar-refractivity contribution in [3.05, 3.63) is 77.9 Å². The van der Waals surface area contributed by atoms with Crippen LogP contribution in [0.25, 0.3) is 10.8 Å². The molecule has 154 valence electrons. The van der Waals surface area contributed by atoms with Crippen molar-refractivity contribution in [3.63, 3.8) is 0 Å². The van der Waals surface area contributed by atoms with Gasteiger partial charge in [-0.05, 0) is 53.1 Å². The van der Waals surface area contributed by atoms with Crippen LogP contribution in [0.15, 0.2) is 66.7 Å². The summed E-state index contributed by atoms with van der Waals surface area (Å²) in [4.78, 5) is 24.3. The molecule has 30 heavy (non-hydrogen) atoms. The van der Waals surface area contributed by atoms with Gasteiger partial charge in [0.25, 0.3) is 0 Å². The second-order valence-electron chi connectivity index (χ2n) is 8.19. The van der Waals surface area contributed by atoms with E-state index in [1.165, 1.54) is 12.8 Å². The van der Waals surface area contributed by atoms with E-state index in [-0.39, 0.29) is 18.2 Å². The van der Waals surface area contributed by atoms with Crippen LogP contribution in [0.2, 0.25) is 0 Å². The van der Waals surface area contributed by atoms with Gasteiger partial charge < -0.3 is 10.4 Å². The molecule has 0 radical (unpaired) electrons. The number of aryl methyl sites for hydroxylation is 1. The quantitative estimate of drug-likeness (QED) is 0.478. The minimum absolute atomic E-state index is 0.0175. The van der Waals surface area contributed by atoms with Crippen LogP contribution in [-0.4, -0.2) is 17.0 Å². The summed E-state index contributed by atoms with van der Waals surface area (Å²) in [5, 5.41) is 14.4. The molecular weight excluding hydrogens is 374 g/mol. The highest BCUT2D eigenvalue weighted by Gasteiger charge is 2.31. The third-order valence-corrected chi connectivity index (χ3v) is 5.89. The zero-order chi connectivity index (χ0) is 20.9. The molecule has 3 aromatic rings. The number of carboxylic acid groups (broad SMARTS) is 1. The predicted octanol–water partition coefficient (Wildman–Crippen LogP) is 5.77. The standard InChI is InChI=1S/C26H27NO3/c28-25(29)14-6-10-20-8-2-4-13-24(20)27-26(30)23(17-18-15-16-18)22-12-5-9-19-7-1-3-11-21(19)22/h1-5,7-9,11-13,18,23H,6,10,14-17H2,(H,27,30)(H,28,29). The Morgan fingerprint density at radius 2 is 1.70 bits per heavy atom. The van der Waals surface area contributed by atoms with Gasteiger partial charge in [-0.1, -0.05) is 73.5 Å². The number of nitrogens with one attached hydrogen (secondary N) is 1. The summed E-state index contributed by atoms with van der Waals surface area (Å²) in [7, 11) is 0. The average molecular weight is 402 g/mol. The minimum atomic E-state index is -0.794. The molecule has 4 rings (SSSR count). The monoisotopic (exact) mass is 401 g/mol. The maximum atomic E-state index is 13.4. The molecule has 0 heterocycles. The highest BCUT2D eigenvalue weighted by Crippen LogP contribution is 2.40. The number of carboxylic acids is 1. The first-order valence-electron chi connectivity index (χ1n) is 10.7. The molecule has 1 aliphatic rings. The van der Waals surface area contributed by atoms with Crippen LogP contribution in [-0.2, 0) is 16.0 Å². The topological polar surface area (TPSA) is 66.4 Å². The van der Waals surface area contributed by atoms with Gasteiger partial charge in [0, 0.05) is 12.1 Å². The largest absolute Gasteiger partial charge is 0.481 e. The summed E-state index contributed by atoms with van der Waals surface area (Å²) < 4.78 is 0. The van der Waals surface area contributed by atoms with Crippen molar-refractivity contribution in [2.75, 3.05) is 5.32 Å². The molecule has 4 heteroatoms. The third kappa shape index (κ3) is 4.88. The van der Waals surface area contributed by atoms with Crippen molar-refractivity contribution >= 4 is 28.3 Å². The van der Waals surface area contributed by atoms with E-state index < -0.39 is 5.97 Å². The molecule has 1 atom stereocenters. The third-order valence-electron chi connectivity index (χ3n) is 5.89. The fourth-order valence-corrected chi connectivity index (χ4v) is 4.13. The van der Waals surface area contributed by atoms with Crippen LogP contribution in [0.3, 0.4) is 0 Å². The van der Waals surface area contributed by atoms with Gasteiger partial charge in [0.15, 0.2) is 0 Å². The van der Waals surface area contributed by atoms with Gasteiger partial charge in [-0.25, -0.2) is 0 Å². The second-order valence-corrected chi connectivity index (χ2v) is 8.19. The molecular formula is C26H27NO3. The Morgan fingerprint density at radius 3 is 2.50 bits per heavy atom. The van der Waals surface area contributed by atoms with Gasteiger partial charge in [0.1, 0.15) is 0 Å². The molecule has 3 aromatic carbocycles. The summed E-state index contributed by atoms with van der Waals surface area (Å²) in [5.74, 6) is -0.359. The number of anilines is 1. The predicted molar refractivity (Wildman–Crippen MR) is 120 cm³/mol. The van der Waals surface area contributed by atoms with E-state index in [9.17, 15) is 9.59 Å². The minimum Gasteiger partial charge on any atom is -0.481 e. The average Bonchev–Trinajstić information content (AvgIpc) is 3.57. The lowest BCUT2D eigenvalue weighted by Crippen LogP contribution is -2.22. The van der Waals surface area contributed by atoms with Crippen molar-refractivity contribution in [1.29, 1.82) is 0 Å². The molecule has 1 fully saturated rings. The molecule has 0 bridgehead atoms. The van der Waals surface area contributed by atoms with E-state index in [1.54, 1.807) is 0 Å². The molecule has 1 amide bonds. The lowest BCUT2D eigenvalue weighted by atomic mass is 9.88. The van der Waals surface area contributed by atoms with Crippen LogP contribution in [0.4, 0.5) is 5.69 Å². The number of hydrogen-bond donors (Lipinski definition) is 2. The first-order valence-corrected chi connectivity index (χ1v) is 10.7. The number of carbonyl (C=O) groups is 2. The van der Waals surface area contributed by atoms with E-state index in [0.717, 1.165) is 34.0 Å². The van der Waals surface area contributed by atoms with Crippen molar-refractivity contribution < 1.29 is 14.7 Å². The highest BCUT2D eigenvalue weighted by molar-refractivity contribution is 6.00. The summed E-state index contributed by atoms with van der Waals surface area (Å²) in [5.41, 5.74) is 2.85. The summed E-state index contributed by atoms with van der Waals surface area (Å²) in [6, 6.07) is 22.1. The first-order chi connectivity index (χ1) is 14.6. The lowest BCUT2D eigenvalue weighted by molar-refractivity contribution is -0.137. The summed E-state index contributed by atoms with van der Waals surface area (Å²) in [6.45, 7) is 0. The molecule has 1 saturated carbocycles. The highest BCUT2D eigenvalue weighted by atomic mass is 16.4. The maximum absolute atomic E-state index is 13.4. The molecule has 2 N–H and O–H groups in total. The zero-order valence-electron chi connectivity index (χ0n) is 17.0. The van der Waals surface area contributed by atoms with Crippen LogP contribution < -0.4 is 5.32 Å². The Hall–Kier alpha value is -3.14. The molecule has 4 nitrogen and oxygen atoms in total. The van der Waals surface area contributed by atoms with Crippen LogP contribution in [0, 0.1) is 5.92 Å². The molecule has 1 aliphatic carbocycles. The Kier molecular flexibility index (Phi) is 6.12. The van der Waals surface area contributed by atoms with Crippen molar-refractivity contribution in [2.24, 2.45) is 5.92 Å². The Bertz CT molecular complexity index is 1050. The van der Waals surface area contributed by atoms with E-state index in [2.05, 4.69) is 29.6 Å². The number of aliphatic carboxylic acids is 1. The van der Waals surface area contributed by atoms with Gasteiger partial charge >= 0.3 is 5.97 Å². The zero-order valence-corrected chi connectivity index (χ0v) is 17.0. The number of benzene rings is 3. The van der Waals surface area contributed by atoms with Gasteiger partial charge in [-0.15, -0.1) is 0 Å². The van der Waals surface area contributed by atoms with Crippen LogP contribution >= 0.6 is 0 Å². The van der Waals surface area contributed by atoms with Gasteiger partial charge in [0.05, 0.1) is 5.92 Å². The lowest BCUT2D eigenvalue weighted by Gasteiger charge is -2.20. The molecule has 0 saturated heterocycles. The SMILES string of the molecule is O=C(O)CCCc1ccccc1NC(=O)C(CC1CC1)c1cccc2ccccc12. The van der Waals surface area contributed by atoms with E-state index in [1.807, 2.05) is 42.5 Å². The molecule has 0 spiro atoms. The number of amides is 1. The second kappa shape index (κ2) is 9.12. The van der Waals surface area contributed by atoms with Gasteiger partial charge in [-0.2, -0.15) is 0 Å². The first kappa shape index (κ1) is 20.1. The number of carbonyl (C=O) groups excluding carboxylic acids is 1. The summed E-state index contributed by atoms with van der Waals surface area (Å²) >= 11 is 0. The van der Waals surface area contributed by atoms with Gasteiger partial charge in [-0.3, -0.25) is 9.59 Å². The number of rotatable bonds is 9. The number of hydrogen-bond acceptors (Lipinski definition) is 2. The maximum Gasteiger partial charge on any atom is 0.303 e. The molecule has 0 aliphatic heterocycles. The van der Waals surface area contributed by atoms with E-state index >= 15 is 0 Å². The Morgan fingerprint density at radius 1 is 0.967 bits per heavy atom. The summed E-state index contributed by atoms with van der Waals surface area (Å²) in [6.07, 6.45) is 4.56.